The number of aryl methyl sites for hydroxylation is 2. The van der Waals surface area contributed by atoms with Gasteiger partial charge >= 0.3 is 0 Å². The van der Waals surface area contributed by atoms with Gasteiger partial charge in [0.2, 0.25) is 0 Å². The average molecular weight is 509 g/mol. The number of halogens is 1. The topological polar surface area (TPSA) is 59.8 Å². The first kappa shape index (κ1) is 24.7. The van der Waals surface area contributed by atoms with Gasteiger partial charge in [0.05, 0.1) is 18.8 Å². The molecule has 0 bridgehead atoms. The summed E-state index contributed by atoms with van der Waals surface area (Å²) in [5.41, 5.74) is 4.30. The van der Waals surface area contributed by atoms with Crippen LogP contribution in [0.1, 0.15) is 34.6 Å². The van der Waals surface area contributed by atoms with Crippen LogP contribution in [0.3, 0.4) is 0 Å². The fourth-order valence-electron chi connectivity index (χ4n) is 5.19. The largest absolute Gasteiger partial charge is 0.489 e. The van der Waals surface area contributed by atoms with Gasteiger partial charge in [0.25, 0.3) is 5.91 Å². The third-order valence-electron chi connectivity index (χ3n) is 6.96. The fourth-order valence-corrected chi connectivity index (χ4v) is 5.38. The number of hydrogen-bond donors (Lipinski definition) is 0. The zero-order chi connectivity index (χ0) is 25.2. The van der Waals surface area contributed by atoms with Crippen molar-refractivity contribution in [3.63, 3.8) is 0 Å². The molecule has 0 unspecified atom stereocenters. The predicted octanol–water partition coefficient (Wildman–Crippen LogP) is 4.80. The molecule has 36 heavy (non-hydrogen) atoms. The molecule has 1 aromatic heterocycles. The Kier molecular flexibility index (Phi) is 7.21. The van der Waals surface area contributed by atoms with Crippen LogP contribution in [0.5, 0.6) is 11.5 Å². The molecule has 1 saturated heterocycles. The van der Waals surface area contributed by atoms with Crippen molar-refractivity contribution < 1.29 is 14.3 Å². The maximum Gasteiger partial charge on any atom is 0.272 e. The summed E-state index contributed by atoms with van der Waals surface area (Å²) in [5.74, 6) is 1.87. The van der Waals surface area contributed by atoms with Crippen LogP contribution in [-0.2, 0) is 13.6 Å². The SMILES string of the molecule is Cc1cc(C(=O)N2CCOc3c(cc(-c4cccc(Cl)c4)cc3OC[C@@H]3CCCN(C)C3)C2)n(C)n1. The first-order chi connectivity index (χ1) is 17.4. The first-order valence-corrected chi connectivity index (χ1v) is 12.9. The van der Waals surface area contributed by atoms with Crippen LogP contribution in [0.15, 0.2) is 42.5 Å². The third kappa shape index (κ3) is 5.37. The van der Waals surface area contributed by atoms with Gasteiger partial charge < -0.3 is 19.3 Å². The minimum absolute atomic E-state index is 0.0598. The zero-order valence-electron chi connectivity index (χ0n) is 21.2. The number of nitrogens with zero attached hydrogens (tertiary/aromatic N) is 4. The molecular weight excluding hydrogens is 476 g/mol. The number of carbonyl (C=O) groups excluding carboxylic acids is 1. The van der Waals surface area contributed by atoms with Gasteiger partial charge in [-0.25, -0.2) is 0 Å². The molecular formula is C28H33ClN4O3. The Balaban J connectivity index is 1.48. The number of hydrogen-bond acceptors (Lipinski definition) is 5. The summed E-state index contributed by atoms with van der Waals surface area (Å²) in [5, 5.41) is 5.02. The van der Waals surface area contributed by atoms with E-state index in [-0.39, 0.29) is 5.91 Å². The molecule has 0 saturated carbocycles. The van der Waals surface area contributed by atoms with Crippen molar-refractivity contribution in [2.75, 3.05) is 39.9 Å². The third-order valence-corrected chi connectivity index (χ3v) is 7.20. The van der Waals surface area contributed by atoms with Crippen molar-refractivity contribution in [3.8, 4) is 22.6 Å². The van der Waals surface area contributed by atoms with E-state index in [9.17, 15) is 4.79 Å². The van der Waals surface area contributed by atoms with Gasteiger partial charge in [-0.2, -0.15) is 5.10 Å². The van der Waals surface area contributed by atoms with E-state index in [0.29, 0.717) is 42.9 Å². The monoisotopic (exact) mass is 508 g/mol. The average Bonchev–Trinajstić information content (AvgIpc) is 3.06. The van der Waals surface area contributed by atoms with E-state index in [2.05, 4.69) is 23.1 Å². The summed E-state index contributed by atoms with van der Waals surface area (Å²) in [6.07, 6.45) is 2.35. The Hall–Kier alpha value is -3.03. The van der Waals surface area contributed by atoms with E-state index >= 15 is 0 Å². The molecule has 1 amide bonds. The Morgan fingerprint density at radius 2 is 2.03 bits per heavy atom. The van der Waals surface area contributed by atoms with E-state index in [0.717, 1.165) is 53.4 Å². The Morgan fingerprint density at radius 3 is 2.78 bits per heavy atom. The van der Waals surface area contributed by atoms with Crippen molar-refractivity contribution in [3.05, 3.63) is 64.4 Å². The molecule has 8 heteroatoms. The number of rotatable bonds is 5. The smallest absolute Gasteiger partial charge is 0.272 e. The molecule has 1 fully saturated rings. The molecule has 190 valence electrons. The van der Waals surface area contributed by atoms with Gasteiger partial charge in [0, 0.05) is 36.6 Å². The van der Waals surface area contributed by atoms with E-state index < -0.39 is 0 Å². The molecule has 7 nitrogen and oxygen atoms in total. The molecule has 0 radical (unpaired) electrons. The van der Waals surface area contributed by atoms with E-state index in [4.69, 9.17) is 21.1 Å². The molecule has 0 N–H and O–H groups in total. The quantitative estimate of drug-likeness (QED) is 0.495. The summed E-state index contributed by atoms with van der Waals surface area (Å²) < 4.78 is 14.3. The number of ether oxygens (including phenoxy) is 2. The number of fused-ring (bicyclic) bond motifs is 1. The lowest BCUT2D eigenvalue weighted by Crippen LogP contribution is -2.34. The zero-order valence-corrected chi connectivity index (χ0v) is 21.9. The first-order valence-electron chi connectivity index (χ1n) is 12.5. The van der Waals surface area contributed by atoms with Gasteiger partial charge in [-0.1, -0.05) is 23.7 Å². The van der Waals surface area contributed by atoms with Crippen LogP contribution < -0.4 is 9.47 Å². The summed E-state index contributed by atoms with van der Waals surface area (Å²) in [6, 6.07) is 13.7. The lowest BCUT2D eigenvalue weighted by Gasteiger charge is -2.29. The number of amides is 1. The van der Waals surface area contributed by atoms with Gasteiger partial charge in [-0.15, -0.1) is 0 Å². The second-order valence-corrected chi connectivity index (χ2v) is 10.4. The number of piperidine rings is 1. The standard InChI is InChI=1S/C28H33ClN4O3/c1-19-12-25(32(3)30-19)28(34)33-10-11-35-27-23(17-33)13-22(21-7-4-8-24(29)14-21)15-26(27)36-18-20-6-5-9-31(2)16-20/h4,7-8,12-15,20H,5-6,9-11,16-18H2,1-3H3/t20-/m1/s1. The van der Waals surface area contributed by atoms with Crippen molar-refractivity contribution in [2.45, 2.75) is 26.3 Å². The van der Waals surface area contributed by atoms with E-state index in [1.54, 1.807) is 11.7 Å². The van der Waals surface area contributed by atoms with Crippen LogP contribution in [0.2, 0.25) is 5.02 Å². The van der Waals surface area contributed by atoms with Crippen LogP contribution in [0.25, 0.3) is 11.1 Å². The van der Waals surface area contributed by atoms with Gasteiger partial charge in [-0.3, -0.25) is 9.48 Å². The second kappa shape index (κ2) is 10.5. The van der Waals surface area contributed by atoms with Crippen LogP contribution in [0, 0.1) is 12.8 Å². The Labute approximate surface area is 217 Å². The molecule has 0 aliphatic carbocycles. The van der Waals surface area contributed by atoms with Crippen LogP contribution in [-0.4, -0.2) is 65.4 Å². The fraction of sp³-hybridized carbons (Fsp3) is 0.429. The maximum absolute atomic E-state index is 13.4. The lowest BCUT2D eigenvalue weighted by molar-refractivity contribution is 0.0722. The highest BCUT2D eigenvalue weighted by Crippen LogP contribution is 2.39. The van der Waals surface area contributed by atoms with Gasteiger partial charge in [0.1, 0.15) is 12.3 Å². The molecule has 3 aromatic rings. The normalized spacial score (nSPS) is 18.3. The van der Waals surface area contributed by atoms with Gasteiger partial charge in [0.15, 0.2) is 11.5 Å². The lowest BCUT2D eigenvalue weighted by atomic mass is 9.99. The molecule has 0 spiro atoms. The minimum Gasteiger partial charge on any atom is -0.489 e. The maximum atomic E-state index is 13.4. The summed E-state index contributed by atoms with van der Waals surface area (Å²) in [4.78, 5) is 17.6. The molecule has 2 aliphatic heterocycles. The van der Waals surface area contributed by atoms with Crippen molar-refractivity contribution in [1.29, 1.82) is 0 Å². The highest BCUT2D eigenvalue weighted by molar-refractivity contribution is 6.30. The Morgan fingerprint density at radius 1 is 1.17 bits per heavy atom. The molecule has 1 atom stereocenters. The number of aromatic nitrogens is 2. The second-order valence-electron chi connectivity index (χ2n) is 9.92. The summed E-state index contributed by atoms with van der Waals surface area (Å²) in [7, 11) is 3.96. The van der Waals surface area contributed by atoms with Crippen LogP contribution in [0.4, 0.5) is 0 Å². The highest BCUT2D eigenvalue weighted by Gasteiger charge is 2.27. The summed E-state index contributed by atoms with van der Waals surface area (Å²) >= 11 is 6.31. The van der Waals surface area contributed by atoms with Crippen molar-refractivity contribution in [2.24, 2.45) is 13.0 Å². The predicted molar refractivity (Wildman–Crippen MR) is 141 cm³/mol. The van der Waals surface area contributed by atoms with Crippen molar-refractivity contribution >= 4 is 17.5 Å². The molecule has 2 aliphatic rings. The van der Waals surface area contributed by atoms with Gasteiger partial charge in [-0.05, 0) is 74.8 Å². The number of likely N-dealkylation sites (tertiary alicyclic amines) is 1. The van der Waals surface area contributed by atoms with E-state index in [1.165, 1.54) is 6.42 Å². The molecule has 5 rings (SSSR count). The minimum atomic E-state index is -0.0598. The van der Waals surface area contributed by atoms with Crippen molar-refractivity contribution in [1.82, 2.24) is 19.6 Å². The van der Waals surface area contributed by atoms with Crippen LogP contribution >= 0.6 is 11.6 Å². The molecule has 3 heterocycles. The number of carbonyl (C=O) groups is 1. The number of benzene rings is 2. The summed E-state index contributed by atoms with van der Waals surface area (Å²) in [6.45, 7) is 6.00. The van der Waals surface area contributed by atoms with E-state index in [1.807, 2.05) is 48.2 Å². The Bertz CT molecular complexity index is 1260. The molecule has 2 aromatic carbocycles. The highest BCUT2D eigenvalue weighted by atomic mass is 35.5.